The highest BCUT2D eigenvalue weighted by Gasteiger charge is 2.28. The van der Waals surface area contributed by atoms with E-state index in [0.717, 1.165) is 31.7 Å². The van der Waals surface area contributed by atoms with Gasteiger partial charge in [0.2, 0.25) is 11.8 Å². The number of hydrogen-bond donors (Lipinski definition) is 1. The average Bonchev–Trinajstić information content (AvgIpc) is 2.49. The Labute approximate surface area is 113 Å². The summed E-state index contributed by atoms with van der Waals surface area (Å²) in [5.41, 5.74) is 0.807. The van der Waals surface area contributed by atoms with Gasteiger partial charge in [0, 0.05) is 12.5 Å². The predicted molar refractivity (Wildman–Crippen MR) is 70.5 cm³/mol. The van der Waals surface area contributed by atoms with E-state index < -0.39 is 0 Å². The molecular weight excluding hydrogens is 246 g/mol. The van der Waals surface area contributed by atoms with Crippen LogP contribution in [0.2, 0.25) is 0 Å². The van der Waals surface area contributed by atoms with Gasteiger partial charge in [0.25, 0.3) is 0 Å². The SMILES string of the molecule is CNC(c1ncc(OC)nc1OC)C1CCCOC1. The zero-order valence-corrected chi connectivity index (χ0v) is 11.7. The third kappa shape index (κ3) is 3.13. The van der Waals surface area contributed by atoms with E-state index in [0.29, 0.717) is 17.7 Å². The van der Waals surface area contributed by atoms with E-state index in [1.165, 1.54) is 0 Å². The molecule has 19 heavy (non-hydrogen) atoms. The highest BCUT2D eigenvalue weighted by Crippen LogP contribution is 2.32. The zero-order chi connectivity index (χ0) is 13.7. The minimum atomic E-state index is 0.0775. The fourth-order valence-corrected chi connectivity index (χ4v) is 2.45. The molecule has 2 atom stereocenters. The highest BCUT2D eigenvalue weighted by atomic mass is 16.5. The lowest BCUT2D eigenvalue weighted by Crippen LogP contribution is -2.32. The molecule has 0 spiro atoms. The Morgan fingerprint density at radius 1 is 1.42 bits per heavy atom. The summed E-state index contributed by atoms with van der Waals surface area (Å²) in [5.74, 6) is 1.34. The third-order valence-corrected chi connectivity index (χ3v) is 3.42. The standard InChI is InChI=1S/C13H21N3O3/c1-14-11(9-5-4-6-19-8-9)12-13(18-3)16-10(17-2)7-15-12/h7,9,11,14H,4-6,8H2,1-3H3. The van der Waals surface area contributed by atoms with Gasteiger partial charge in [0.1, 0.15) is 5.69 Å². The van der Waals surface area contributed by atoms with E-state index in [9.17, 15) is 0 Å². The number of rotatable bonds is 5. The molecule has 1 fully saturated rings. The van der Waals surface area contributed by atoms with Crippen LogP contribution in [0.5, 0.6) is 11.8 Å². The van der Waals surface area contributed by atoms with Gasteiger partial charge >= 0.3 is 0 Å². The molecule has 1 aromatic rings. The summed E-state index contributed by atoms with van der Waals surface area (Å²) in [5, 5.41) is 3.30. The number of methoxy groups -OCH3 is 2. The Morgan fingerprint density at radius 3 is 2.84 bits per heavy atom. The van der Waals surface area contributed by atoms with Gasteiger partial charge in [-0.25, -0.2) is 4.98 Å². The molecule has 6 heteroatoms. The average molecular weight is 267 g/mol. The van der Waals surface area contributed by atoms with E-state index in [4.69, 9.17) is 14.2 Å². The molecule has 1 saturated heterocycles. The lowest BCUT2D eigenvalue weighted by atomic mass is 9.91. The minimum absolute atomic E-state index is 0.0775. The van der Waals surface area contributed by atoms with Crippen LogP contribution in [-0.2, 0) is 4.74 Å². The van der Waals surface area contributed by atoms with Gasteiger partial charge in [0.15, 0.2) is 0 Å². The molecule has 2 heterocycles. The maximum atomic E-state index is 5.55. The van der Waals surface area contributed by atoms with Crippen LogP contribution < -0.4 is 14.8 Å². The van der Waals surface area contributed by atoms with Crippen LogP contribution >= 0.6 is 0 Å². The van der Waals surface area contributed by atoms with Crippen LogP contribution in [0, 0.1) is 5.92 Å². The normalized spacial score (nSPS) is 20.9. The van der Waals surface area contributed by atoms with E-state index >= 15 is 0 Å². The Hall–Kier alpha value is -1.40. The minimum Gasteiger partial charge on any atom is -0.480 e. The van der Waals surface area contributed by atoms with Gasteiger partial charge in [-0.05, 0) is 19.9 Å². The maximum Gasteiger partial charge on any atom is 0.240 e. The van der Waals surface area contributed by atoms with Crippen molar-refractivity contribution < 1.29 is 14.2 Å². The number of hydrogen-bond acceptors (Lipinski definition) is 6. The molecule has 1 aliphatic heterocycles. The number of nitrogens with one attached hydrogen (secondary N) is 1. The molecule has 1 aliphatic rings. The van der Waals surface area contributed by atoms with Crippen LogP contribution in [0.15, 0.2) is 6.20 Å². The third-order valence-electron chi connectivity index (χ3n) is 3.42. The molecule has 0 bridgehead atoms. The van der Waals surface area contributed by atoms with Crippen LogP contribution in [0.25, 0.3) is 0 Å². The van der Waals surface area contributed by atoms with Crippen molar-refractivity contribution in [2.45, 2.75) is 18.9 Å². The second kappa shape index (κ2) is 6.68. The second-order valence-corrected chi connectivity index (χ2v) is 4.55. The Morgan fingerprint density at radius 2 is 2.26 bits per heavy atom. The van der Waals surface area contributed by atoms with Gasteiger partial charge < -0.3 is 19.5 Å². The second-order valence-electron chi connectivity index (χ2n) is 4.55. The monoisotopic (exact) mass is 267 g/mol. The van der Waals surface area contributed by atoms with Crippen molar-refractivity contribution in [2.24, 2.45) is 5.92 Å². The summed E-state index contributed by atoms with van der Waals surface area (Å²) in [4.78, 5) is 8.72. The zero-order valence-electron chi connectivity index (χ0n) is 11.7. The number of nitrogens with zero attached hydrogens (tertiary/aromatic N) is 2. The van der Waals surface area contributed by atoms with Crippen molar-refractivity contribution in [3.63, 3.8) is 0 Å². The molecule has 0 amide bonds. The Bertz CT molecular complexity index is 408. The highest BCUT2D eigenvalue weighted by molar-refractivity contribution is 5.26. The number of ether oxygens (including phenoxy) is 3. The first kappa shape index (κ1) is 14.0. The summed E-state index contributed by atoms with van der Waals surface area (Å²) in [7, 11) is 5.08. The molecule has 6 nitrogen and oxygen atoms in total. The smallest absolute Gasteiger partial charge is 0.240 e. The molecular formula is C13H21N3O3. The van der Waals surface area contributed by atoms with Gasteiger partial charge in [-0.1, -0.05) is 0 Å². The van der Waals surface area contributed by atoms with Crippen LogP contribution in [0.1, 0.15) is 24.6 Å². The topological polar surface area (TPSA) is 65.5 Å². The van der Waals surface area contributed by atoms with E-state index in [-0.39, 0.29) is 6.04 Å². The summed E-state index contributed by atoms with van der Waals surface area (Å²) < 4.78 is 15.9. The molecule has 106 valence electrons. The molecule has 0 aliphatic carbocycles. The van der Waals surface area contributed by atoms with Crippen LogP contribution in [0.4, 0.5) is 0 Å². The predicted octanol–water partition coefficient (Wildman–Crippen LogP) is 1.18. The van der Waals surface area contributed by atoms with Gasteiger partial charge in [-0.15, -0.1) is 0 Å². The summed E-state index contributed by atoms with van der Waals surface area (Å²) >= 11 is 0. The molecule has 2 unspecified atom stereocenters. The van der Waals surface area contributed by atoms with Crippen molar-refractivity contribution in [1.29, 1.82) is 0 Å². The maximum absolute atomic E-state index is 5.55. The van der Waals surface area contributed by atoms with Crippen molar-refractivity contribution in [3.8, 4) is 11.8 Å². The van der Waals surface area contributed by atoms with Gasteiger partial charge in [0.05, 0.1) is 33.1 Å². The molecule has 1 aromatic heterocycles. The van der Waals surface area contributed by atoms with E-state index in [1.54, 1.807) is 20.4 Å². The van der Waals surface area contributed by atoms with Gasteiger partial charge in [-0.3, -0.25) is 0 Å². The van der Waals surface area contributed by atoms with Crippen molar-refractivity contribution >= 4 is 0 Å². The van der Waals surface area contributed by atoms with Crippen LogP contribution in [-0.4, -0.2) is 44.4 Å². The van der Waals surface area contributed by atoms with Crippen molar-refractivity contribution in [1.82, 2.24) is 15.3 Å². The van der Waals surface area contributed by atoms with E-state index in [2.05, 4.69) is 15.3 Å². The first-order valence-electron chi connectivity index (χ1n) is 6.50. The molecule has 2 rings (SSSR count). The first-order chi connectivity index (χ1) is 9.30. The molecule has 0 saturated carbocycles. The van der Waals surface area contributed by atoms with Gasteiger partial charge in [-0.2, -0.15) is 4.98 Å². The summed E-state index contributed by atoms with van der Waals surface area (Å²) in [6.07, 6.45) is 3.81. The van der Waals surface area contributed by atoms with Crippen molar-refractivity contribution in [2.75, 3.05) is 34.5 Å². The summed E-state index contributed by atoms with van der Waals surface area (Å²) in [6, 6.07) is 0.0775. The largest absolute Gasteiger partial charge is 0.480 e. The molecule has 0 aromatic carbocycles. The Balaban J connectivity index is 2.26. The lowest BCUT2D eigenvalue weighted by Gasteiger charge is -2.30. The summed E-state index contributed by atoms with van der Waals surface area (Å²) in [6.45, 7) is 1.58. The fourth-order valence-electron chi connectivity index (χ4n) is 2.45. The van der Waals surface area contributed by atoms with Crippen LogP contribution in [0.3, 0.4) is 0 Å². The van der Waals surface area contributed by atoms with Crippen molar-refractivity contribution in [3.05, 3.63) is 11.9 Å². The Kier molecular flexibility index (Phi) is 4.93. The molecule has 1 N–H and O–H groups in total. The molecule has 0 radical (unpaired) electrons. The quantitative estimate of drug-likeness (QED) is 0.864. The fraction of sp³-hybridized carbons (Fsp3) is 0.692. The first-order valence-corrected chi connectivity index (χ1v) is 6.50. The van der Waals surface area contributed by atoms with E-state index in [1.807, 2.05) is 7.05 Å². The number of aromatic nitrogens is 2. The lowest BCUT2D eigenvalue weighted by molar-refractivity contribution is 0.0390.